The van der Waals surface area contributed by atoms with E-state index in [1.807, 2.05) is 0 Å². The van der Waals surface area contributed by atoms with Crippen molar-refractivity contribution in [3.63, 3.8) is 0 Å². The summed E-state index contributed by atoms with van der Waals surface area (Å²) in [6.07, 6.45) is 1.73. The largest absolute Gasteiger partial charge is 0.228 e. The summed E-state index contributed by atoms with van der Waals surface area (Å²) in [5, 5.41) is 4.37. The van der Waals surface area contributed by atoms with Gasteiger partial charge in [-0.05, 0) is 65.7 Å². The minimum absolute atomic E-state index is 0.00797. The van der Waals surface area contributed by atoms with E-state index in [1.165, 1.54) is 4.09 Å². The van der Waals surface area contributed by atoms with Crippen LogP contribution in [0.5, 0.6) is 0 Å². The predicted octanol–water partition coefficient (Wildman–Crippen LogP) is 3.35. The molecule has 23 heavy (non-hydrogen) atoms. The van der Waals surface area contributed by atoms with Gasteiger partial charge in [0.25, 0.3) is 0 Å². The van der Waals surface area contributed by atoms with Crippen molar-refractivity contribution in [1.29, 1.82) is 0 Å². The molecule has 0 aliphatic heterocycles. The van der Waals surface area contributed by atoms with Gasteiger partial charge in [-0.25, -0.2) is 18.4 Å². The van der Waals surface area contributed by atoms with E-state index in [0.29, 0.717) is 5.82 Å². The minimum Gasteiger partial charge on any atom is -0.228 e. The highest BCUT2D eigenvalue weighted by Crippen LogP contribution is 2.32. The molecule has 0 spiro atoms. The minimum atomic E-state index is -3.79. The molecule has 0 amide bonds. The highest BCUT2D eigenvalue weighted by molar-refractivity contribution is 14.1. The molecule has 2 aromatic heterocycles. The number of hydrogen-bond acceptors (Lipinski definition) is 6. The summed E-state index contributed by atoms with van der Waals surface area (Å²) in [5.41, 5.74) is 0.506. The Bertz CT molecular complexity index is 1000. The maximum absolute atomic E-state index is 13.0. The average molecular weight is 481 g/mol. The Morgan fingerprint density at radius 3 is 2.43 bits per heavy atom. The molecule has 3 aromatic rings. The van der Waals surface area contributed by atoms with Crippen molar-refractivity contribution in [2.45, 2.75) is 16.8 Å². The van der Waals surface area contributed by atoms with Crippen molar-refractivity contribution in [2.24, 2.45) is 0 Å². The molecule has 0 fully saturated rings. The zero-order valence-electron chi connectivity index (χ0n) is 12.0. The molecule has 0 radical (unpaired) electrons. The van der Waals surface area contributed by atoms with Gasteiger partial charge in [0.1, 0.15) is 11.3 Å². The predicted molar refractivity (Wildman–Crippen MR) is 98.6 cm³/mol. The van der Waals surface area contributed by atoms with Crippen LogP contribution in [0, 0.1) is 10.5 Å². The van der Waals surface area contributed by atoms with Crippen LogP contribution < -0.4 is 0 Å². The van der Waals surface area contributed by atoms with Crippen molar-refractivity contribution in [2.75, 3.05) is 6.26 Å². The molecular weight excluding hydrogens is 471 g/mol. The third-order valence-corrected chi connectivity index (χ3v) is 6.55. The first-order valence-electron chi connectivity index (χ1n) is 6.32. The zero-order chi connectivity index (χ0) is 16.8. The summed E-state index contributed by atoms with van der Waals surface area (Å²) >= 11 is 9.37. The Kier molecular flexibility index (Phi) is 4.55. The molecule has 3 rings (SSSR count). The maximum atomic E-state index is 13.0. The van der Waals surface area contributed by atoms with Crippen molar-refractivity contribution in [1.82, 2.24) is 19.2 Å². The first-order chi connectivity index (χ1) is 10.8. The molecule has 0 aliphatic carbocycles. The van der Waals surface area contributed by atoms with Crippen LogP contribution >= 0.6 is 46.1 Å². The van der Waals surface area contributed by atoms with Crippen LogP contribution in [0.15, 0.2) is 34.2 Å². The lowest BCUT2D eigenvalue weighted by atomic mass is 10.4. The van der Waals surface area contributed by atoms with Crippen molar-refractivity contribution in [3.8, 4) is 0 Å². The Morgan fingerprint density at radius 2 is 1.83 bits per heavy atom. The molecule has 0 saturated heterocycles. The van der Waals surface area contributed by atoms with Crippen LogP contribution in [0.25, 0.3) is 11.0 Å². The first kappa shape index (κ1) is 16.9. The molecule has 0 aliphatic rings. The van der Waals surface area contributed by atoms with Gasteiger partial charge in [-0.15, -0.1) is 0 Å². The molecule has 1 aromatic carbocycles. The van der Waals surface area contributed by atoms with Gasteiger partial charge in [0.15, 0.2) is 15.7 Å². The van der Waals surface area contributed by atoms with E-state index < -0.39 is 9.84 Å². The molecule has 0 bridgehead atoms. The lowest BCUT2D eigenvalue weighted by Crippen LogP contribution is -2.08. The first-order valence-corrected chi connectivity index (χ1v) is 10.4. The quantitative estimate of drug-likeness (QED) is 0.423. The maximum Gasteiger partial charge on any atom is 0.226 e. The van der Waals surface area contributed by atoms with Crippen molar-refractivity contribution >= 4 is 67.0 Å². The Labute approximate surface area is 155 Å². The van der Waals surface area contributed by atoms with Gasteiger partial charge in [0, 0.05) is 9.83 Å². The number of hydrogen-bond donors (Lipinski definition) is 0. The van der Waals surface area contributed by atoms with Gasteiger partial charge in [-0.1, -0.05) is 11.6 Å². The SMILES string of the molecule is CSn1nc2c(Cl)nc(C)nc2c1S(=O)(=O)c1ccc(I)cc1. The molecule has 120 valence electrons. The number of aryl methyl sites for hydroxylation is 1. The lowest BCUT2D eigenvalue weighted by Gasteiger charge is -2.06. The Balaban J connectivity index is 2.36. The van der Waals surface area contributed by atoms with E-state index in [1.54, 1.807) is 37.4 Å². The van der Waals surface area contributed by atoms with Crippen molar-refractivity contribution < 1.29 is 8.42 Å². The highest BCUT2D eigenvalue weighted by atomic mass is 127. The number of nitrogens with zero attached hydrogens (tertiary/aromatic N) is 4. The summed E-state index contributed by atoms with van der Waals surface area (Å²) in [4.78, 5) is 8.45. The smallest absolute Gasteiger partial charge is 0.226 e. The van der Waals surface area contributed by atoms with Crippen LogP contribution in [0.2, 0.25) is 5.15 Å². The molecule has 0 saturated carbocycles. The summed E-state index contributed by atoms with van der Waals surface area (Å²) in [5.74, 6) is 0.391. The van der Waals surface area contributed by atoms with Crippen LogP contribution in [-0.4, -0.2) is 33.8 Å². The molecule has 2 heterocycles. The topological polar surface area (TPSA) is 77.7 Å². The van der Waals surface area contributed by atoms with Gasteiger partial charge in [0.05, 0.1) is 4.90 Å². The van der Waals surface area contributed by atoms with E-state index in [9.17, 15) is 8.42 Å². The number of rotatable bonds is 3. The van der Waals surface area contributed by atoms with E-state index in [-0.39, 0.29) is 26.1 Å². The highest BCUT2D eigenvalue weighted by Gasteiger charge is 2.29. The van der Waals surface area contributed by atoms with E-state index >= 15 is 0 Å². The van der Waals surface area contributed by atoms with Crippen LogP contribution in [0.1, 0.15) is 5.82 Å². The zero-order valence-corrected chi connectivity index (χ0v) is 16.5. The van der Waals surface area contributed by atoms with Crippen LogP contribution in [-0.2, 0) is 9.84 Å². The van der Waals surface area contributed by atoms with Gasteiger partial charge in [-0.2, -0.15) is 9.19 Å². The fraction of sp³-hybridized carbons (Fsp3) is 0.154. The third kappa shape index (κ3) is 2.94. The van der Waals surface area contributed by atoms with E-state index in [2.05, 4.69) is 37.7 Å². The second-order valence-corrected chi connectivity index (χ2v) is 8.76. The fourth-order valence-electron chi connectivity index (χ4n) is 2.08. The summed E-state index contributed by atoms with van der Waals surface area (Å²) in [7, 11) is -3.79. The van der Waals surface area contributed by atoms with Gasteiger partial charge >= 0.3 is 0 Å². The van der Waals surface area contributed by atoms with E-state index in [4.69, 9.17) is 11.6 Å². The molecule has 10 heteroatoms. The molecule has 0 atom stereocenters. The van der Waals surface area contributed by atoms with E-state index in [0.717, 1.165) is 15.5 Å². The van der Waals surface area contributed by atoms with Gasteiger partial charge < -0.3 is 0 Å². The number of halogens is 2. The van der Waals surface area contributed by atoms with Gasteiger partial charge in [0.2, 0.25) is 9.84 Å². The lowest BCUT2D eigenvalue weighted by molar-refractivity contribution is 0.591. The number of fused-ring (bicyclic) bond motifs is 1. The Hall–Kier alpha value is -0.910. The molecule has 0 unspecified atom stereocenters. The number of sulfone groups is 1. The monoisotopic (exact) mass is 480 g/mol. The van der Waals surface area contributed by atoms with Crippen LogP contribution in [0.4, 0.5) is 0 Å². The van der Waals surface area contributed by atoms with Crippen molar-refractivity contribution in [3.05, 3.63) is 38.8 Å². The fourth-order valence-corrected chi connectivity index (χ4v) is 4.98. The Morgan fingerprint density at radius 1 is 1.17 bits per heavy atom. The number of aromatic nitrogens is 4. The van der Waals surface area contributed by atoms with Crippen LogP contribution in [0.3, 0.4) is 0 Å². The number of benzene rings is 1. The summed E-state index contributed by atoms with van der Waals surface area (Å²) in [6.45, 7) is 1.66. The standard InChI is InChI=1S/C13H10ClIN4O2S2/c1-7-16-11-10(12(14)17-7)18-19(22-2)13(11)23(20,21)9-5-3-8(15)4-6-9/h3-6H,1-2H3. The normalized spacial score (nSPS) is 12.0. The molecule has 6 nitrogen and oxygen atoms in total. The second-order valence-electron chi connectivity index (χ2n) is 4.58. The second kappa shape index (κ2) is 6.19. The molecular formula is C13H10ClIN4O2S2. The third-order valence-electron chi connectivity index (χ3n) is 3.07. The summed E-state index contributed by atoms with van der Waals surface area (Å²) < 4.78 is 28.4. The average Bonchev–Trinajstić information content (AvgIpc) is 2.87. The van der Waals surface area contributed by atoms with Gasteiger partial charge in [-0.3, -0.25) is 0 Å². The summed E-state index contributed by atoms with van der Waals surface area (Å²) in [6, 6.07) is 6.61. The molecule has 0 N–H and O–H groups in total.